The number of hydrogen-bond donors (Lipinski definition) is 0. The van der Waals surface area contributed by atoms with Gasteiger partial charge in [0.2, 0.25) is 0 Å². The van der Waals surface area contributed by atoms with Crippen LogP contribution in [0.2, 0.25) is 0 Å². The molecule has 0 bridgehead atoms. The van der Waals surface area contributed by atoms with E-state index >= 15 is 0 Å². The predicted molar refractivity (Wildman–Crippen MR) is 100 cm³/mol. The maximum atomic E-state index is 13.0. The maximum Gasteiger partial charge on any atom is 0.123 e. The van der Waals surface area contributed by atoms with Crippen molar-refractivity contribution in [3.05, 3.63) is 71.0 Å². The van der Waals surface area contributed by atoms with Crippen molar-refractivity contribution in [1.82, 2.24) is 9.88 Å². The number of nitrogens with zero attached hydrogens (tertiary/aromatic N) is 2. The molecule has 1 aromatic heterocycles. The van der Waals surface area contributed by atoms with Crippen molar-refractivity contribution in [2.45, 2.75) is 20.0 Å². The lowest BCUT2D eigenvalue weighted by Crippen LogP contribution is -2.17. The SMILES string of the molecule is CCOc1ccc(-c2nc(CN(C)Cc3ccc(F)cc3)cs2)cc1. The van der Waals surface area contributed by atoms with E-state index in [1.54, 1.807) is 11.3 Å². The fraction of sp³-hybridized carbons (Fsp3) is 0.250. The third-order valence-electron chi connectivity index (χ3n) is 3.76. The molecule has 0 aliphatic carbocycles. The molecule has 0 radical (unpaired) electrons. The van der Waals surface area contributed by atoms with Crippen LogP contribution in [-0.2, 0) is 13.1 Å². The topological polar surface area (TPSA) is 25.4 Å². The van der Waals surface area contributed by atoms with Gasteiger partial charge in [-0.05, 0) is 55.9 Å². The van der Waals surface area contributed by atoms with Crippen molar-refractivity contribution in [1.29, 1.82) is 0 Å². The second-order valence-electron chi connectivity index (χ2n) is 5.90. The minimum Gasteiger partial charge on any atom is -0.494 e. The largest absolute Gasteiger partial charge is 0.494 e. The molecule has 25 heavy (non-hydrogen) atoms. The Morgan fingerprint density at radius 3 is 2.44 bits per heavy atom. The van der Waals surface area contributed by atoms with Gasteiger partial charge < -0.3 is 4.74 Å². The summed E-state index contributed by atoms with van der Waals surface area (Å²) in [5, 5.41) is 3.10. The van der Waals surface area contributed by atoms with Crippen LogP contribution < -0.4 is 4.74 Å². The molecule has 0 atom stereocenters. The summed E-state index contributed by atoms with van der Waals surface area (Å²) in [5.41, 5.74) is 3.23. The zero-order chi connectivity index (χ0) is 17.6. The molecule has 0 N–H and O–H groups in total. The van der Waals surface area contributed by atoms with Crippen LogP contribution in [0.15, 0.2) is 53.9 Å². The number of rotatable bonds is 7. The summed E-state index contributed by atoms with van der Waals surface area (Å²) in [6.45, 7) is 4.16. The predicted octanol–water partition coefficient (Wildman–Crippen LogP) is 4.98. The fourth-order valence-electron chi connectivity index (χ4n) is 2.61. The molecule has 0 spiro atoms. The second kappa shape index (κ2) is 8.23. The molecule has 0 unspecified atom stereocenters. The summed E-state index contributed by atoms with van der Waals surface area (Å²) in [6, 6.07) is 14.6. The van der Waals surface area contributed by atoms with E-state index in [2.05, 4.69) is 10.3 Å². The molecule has 5 heteroatoms. The first-order valence-corrected chi connectivity index (χ1v) is 9.12. The highest BCUT2D eigenvalue weighted by Gasteiger charge is 2.08. The van der Waals surface area contributed by atoms with Crippen molar-refractivity contribution in [2.24, 2.45) is 0 Å². The Bertz CT molecular complexity index is 799. The van der Waals surface area contributed by atoms with Crippen molar-refractivity contribution in [3.8, 4) is 16.3 Å². The molecule has 0 aliphatic heterocycles. The average Bonchev–Trinajstić information content (AvgIpc) is 3.06. The maximum absolute atomic E-state index is 13.0. The molecular weight excluding hydrogens is 335 g/mol. The molecule has 3 rings (SSSR count). The smallest absolute Gasteiger partial charge is 0.123 e. The number of thiazole rings is 1. The second-order valence-corrected chi connectivity index (χ2v) is 6.76. The molecule has 0 saturated carbocycles. The van der Waals surface area contributed by atoms with Gasteiger partial charge in [-0.2, -0.15) is 0 Å². The number of hydrogen-bond acceptors (Lipinski definition) is 4. The van der Waals surface area contributed by atoms with Crippen molar-refractivity contribution in [2.75, 3.05) is 13.7 Å². The quantitative estimate of drug-likeness (QED) is 0.597. The summed E-state index contributed by atoms with van der Waals surface area (Å²) in [4.78, 5) is 6.90. The molecule has 0 amide bonds. The first kappa shape index (κ1) is 17.6. The monoisotopic (exact) mass is 356 g/mol. The summed E-state index contributed by atoms with van der Waals surface area (Å²) in [7, 11) is 2.04. The van der Waals surface area contributed by atoms with Gasteiger partial charge in [-0.1, -0.05) is 12.1 Å². The average molecular weight is 356 g/mol. The minimum absolute atomic E-state index is 0.203. The summed E-state index contributed by atoms with van der Waals surface area (Å²) in [5.74, 6) is 0.674. The third-order valence-corrected chi connectivity index (χ3v) is 4.70. The Morgan fingerprint density at radius 2 is 1.76 bits per heavy atom. The van der Waals surface area contributed by atoms with Gasteiger partial charge in [-0.3, -0.25) is 4.90 Å². The van der Waals surface area contributed by atoms with Crippen molar-refractivity contribution >= 4 is 11.3 Å². The van der Waals surface area contributed by atoms with Gasteiger partial charge in [0.05, 0.1) is 12.3 Å². The highest BCUT2D eigenvalue weighted by atomic mass is 32.1. The minimum atomic E-state index is -0.203. The molecule has 2 aromatic carbocycles. The van der Waals surface area contributed by atoms with Crippen LogP contribution in [0.25, 0.3) is 10.6 Å². The van der Waals surface area contributed by atoms with Gasteiger partial charge in [0.1, 0.15) is 16.6 Å². The summed E-state index contributed by atoms with van der Waals surface area (Å²) >= 11 is 1.64. The molecular formula is C20H21FN2OS. The zero-order valence-corrected chi connectivity index (χ0v) is 15.2. The van der Waals surface area contributed by atoms with Gasteiger partial charge in [-0.25, -0.2) is 9.37 Å². The van der Waals surface area contributed by atoms with Gasteiger partial charge in [-0.15, -0.1) is 11.3 Å². The van der Waals surface area contributed by atoms with Gasteiger partial charge in [0, 0.05) is 24.0 Å². The third kappa shape index (κ3) is 4.87. The molecule has 0 fully saturated rings. The normalized spacial score (nSPS) is 11.0. The first-order valence-electron chi connectivity index (χ1n) is 8.24. The van der Waals surface area contributed by atoms with E-state index in [0.29, 0.717) is 6.61 Å². The van der Waals surface area contributed by atoms with Crippen LogP contribution in [0, 0.1) is 5.82 Å². The number of benzene rings is 2. The number of ether oxygens (including phenoxy) is 1. The lowest BCUT2D eigenvalue weighted by Gasteiger charge is -2.15. The van der Waals surface area contributed by atoms with Crippen molar-refractivity contribution in [3.63, 3.8) is 0 Å². The fourth-order valence-corrected chi connectivity index (χ4v) is 3.42. The molecule has 0 saturated heterocycles. The van der Waals surface area contributed by atoms with E-state index in [1.807, 2.05) is 50.4 Å². The molecule has 3 nitrogen and oxygen atoms in total. The highest BCUT2D eigenvalue weighted by Crippen LogP contribution is 2.26. The van der Waals surface area contributed by atoms with E-state index in [1.165, 1.54) is 12.1 Å². The van der Waals surface area contributed by atoms with E-state index in [-0.39, 0.29) is 5.82 Å². The van der Waals surface area contributed by atoms with Gasteiger partial charge in [0.15, 0.2) is 0 Å². The van der Waals surface area contributed by atoms with E-state index in [9.17, 15) is 4.39 Å². The molecule has 3 aromatic rings. The van der Waals surface area contributed by atoms with Gasteiger partial charge >= 0.3 is 0 Å². The first-order chi connectivity index (χ1) is 12.1. The number of aromatic nitrogens is 1. The lowest BCUT2D eigenvalue weighted by atomic mass is 10.2. The molecule has 130 valence electrons. The van der Waals surface area contributed by atoms with Crippen LogP contribution in [0.3, 0.4) is 0 Å². The molecule has 0 aliphatic rings. The Balaban J connectivity index is 1.61. The Morgan fingerprint density at radius 1 is 1.04 bits per heavy atom. The van der Waals surface area contributed by atoms with Crippen LogP contribution >= 0.6 is 11.3 Å². The van der Waals surface area contributed by atoms with Crippen LogP contribution in [0.4, 0.5) is 4.39 Å². The number of halogens is 1. The van der Waals surface area contributed by atoms with Crippen molar-refractivity contribution < 1.29 is 9.13 Å². The van der Waals surface area contributed by atoms with E-state index < -0.39 is 0 Å². The van der Waals surface area contributed by atoms with Crippen LogP contribution in [0.5, 0.6) is 5.75 Å². The standard InChI is InChI=1S/C20H21FN2OS/c1-3-24-19-10-6-16(7-11-19)20-22-18(14-25-20)13-23(2)12-15-4-8-17(21)9-5-15/h4-11,14H,3,12-13H2,1-2H3. The Hall–Kier alpha value is -2.24. The van der Waals surface area contributed by atoms with Crippen LogP contribution in [0.1, 0.15) is 18.2 Å². The Kier molecular flexibility index (Phi) is 5.79. The van der Waals surface area contributed by atoms with E-state index in [0.717, 1.165) is 40.7 Å². The Labute approximate surface area is 151 Å². The zero-order valence-electron chi connectivity index (χ0n) is 14.4. The lowest BCUT2D eigenvalue weighted by molar-refractivity contribution is 0.315. The van der Waals surface area contributed by atoms with Gasteiger partial charge in [0.25, 0.3) is 0 Å². The summed E-state index contributed by atoms with van der Waals surface area (Å²) < 4.78 is 18.4. The summed E-state index contributed by atoms with van der Waals surface area (Å²) in [6.07, 6.45) is 0. The van der Waals surface area contributed by atoms with E-state index in [4.69, 9.17) is 9.72 Å². The highest BCUT2D eigenvalue weighted by molar-refractivity contribution is 7.13. The molecule has 1 heterocycles. The van der Waals surface area contributed by atoms with Crippen LogP contribution in [-0.4, -0.2) is 23.5 Å².